The molecule has 31 nitrogen and oxygen atoms in total. The van der Waals surface area contributed by atoms with Crippen molar-refractivity contribution in [2.45, 2.75) is 126 Å². The van der Waals surface area contributed by atoms with Gasteiger partial charge in [0.15, 0.2) is 5.96 Å². The van der Waals surface area contributed by atoms with Crippen LogP contribution in [0.1, 0.15) is 67.2 Å². The molecule has 454 valence electrons. The minimum atomic E-state index is -1.55. The Bertz CT molecular complexity index is 3090. The maximum absolute atomic E-state index is 14.6. The van der Waals surface area contributed by atoms with Crippen LogP contribution in [0, 0.1) is 0 Å². The zero-order valence-electron chi connectivity index (χ0n) is 46.2. The summed E-state index contributed by atoms with van der Waals surface area (Å²) in [4.78, 5) is 163. The van der Waals surface area contributed by atoms with Gasteiger partial charge in [-0.1, -0.05) is 42.5 Å². The Labute approximate surface area is 486 Å². The van der Waals surface area contributed by atoms with Crippen molar-refractivity contribution < 1.29 is 63.3 Å². The molecule has 0 radical (unpaired) electrons. The third-order valence-corrected chi connectivity index (χ3v) is 13.6. The van der Waals surface area contributed by atoms with Gasteiger partial charge in [-0.3, -0.25) is 48.1 Å². The van der Waals surface area contributed by atoms with Crippen molar-refractivity contribution in [1.82, 2.24) is 72.0 Å². The van der Waals surface area contributed by atoms with Gasteiger partial charge in [-0.15, -0.1) is 0 Å². The van der Waals surface area contributed by atoms with Gasteiger partial charge in [-0.2, -0.15) is 0 Å². The van der Waals surface area contributed by atoms with E-state index in [1.165, 1.54) is 73.7 Å². The molecular weight excluding hydrogens is 1110 g/mol. The van der Waals surface area contributed by atoms with E-state index in [0.717, 1.165) is 0 Å². The number of phenols is 1. The van der Waals surface area contributed by atoms with E-state index in [1.807, 2.05) is 0 Å². The number of imidazole rings is 3. The molecule has 8 amide bonds. The first-order chi connectivity index (χ1) is 40.6. The first-order valence-electron chi connectivity index (χ1n) is 27.1. The number of carboxylic acid groups (broad SMARTS) is 2. The Morgan fingerprint density at radius 1 is 0.612 bits per heavy atom. The molecule has 0 saturated carbocycles. The van der Waals surface area contributed by atoms with E-state index in [9.17, 15) is 63.3 Å². The second-order valence-corrected chi connectivity index (χ2v) is 20.2. The fourth-order valence-corrected chi connectivity index (χ4v) is 9.19. The van der Waals surface area contributed by atoms with Crippen molar-refractivity contribution in [3.05, 3.63) is 120 Å². The second kappa shape index (κ2) is 31.3. The van der Waals surface area contributed by atoms with Gasteiger partial charge in [0.1, 0.15) is 54.1 Å². The summed E-state index contributed by atoms with van der Waals surface area (Å²) in [5.41, 5.74) is 18.9. The van der Waals surface area contributed by atoms with E-state index in [-0.39, 0.29) is 76.2 Å². The van der Waals surface area contributed by atoms with E-state index in [1.54, 1.807) is 30.3 Å². The first-order valence-corrected chi connectivity index (χ1v) is 27.1. The summed E-state index contributed by atoms with van der Waals surface area (Å²) >= 11 is 0. The smallest absolute Gasteiger partial charge is 0.326 e. The number of carbonyl (C=O) groups is 10. The lowest BCUT2D eigenvalue weighted by Gasteiger charge is -2.30. The van der Waals surface area contributed by atoms with E-state index in [0.29, 0.717) is 34.6 Å². The van der Waals surface area contributed by atoms with Crippen molar-refractivity contribution in [3.63, 3.8) is 0 Å². The van der Waals surface area contributed by atoms with Crippen molar-refractivity contribution in [3.8, 4) is 5.75 Å². The second-order valence-electron chi connectivity index (χ2n) is 20.2. The van der Waals surface area contributed by atoms with Gasteiger partial charge in [0.05, 0.1) is 31.4 Å². The number of amides is 8. The van der Waals surface area contributed by atoms with Crippen LogP contribution < -0.4 is 54.4 Å². The molecule has 31 heteroatoms. The van der Waals surface area contributed by atoms with Crippen LogP contribution >= 0.6 is 0 Å². The number of guanidine groups is 1. The lowest BCUT2D eigenvalue weighted by molar-refractivity contribution is -0.145. The highest BCUT2D eigenvalue weighted by Crippen LogP contribution is 2.21. The quantitative estimate of drug-likeness (QED) is 0.0112. The zero-order chi connectivity index (χ0) is 61.6. The fourth-order valence-electron chi connectivity index (χ4n) is 9.19. The average molecular weight is 1180 g/mol. The maximum Gasteiger partial charge on any atom is 0.326 e. The Morgan fingerprint density at radius 3 is 1.62 bits per heavy atom. The van der Waals surface area contributed by atoms with Gasteiger partial charge < -0.3 is 89.6 Å². The normalized spacial score (nSPS) is 15.6. The van der Waals surface area contributed by atoms with Crippen molar-refractivity contribution in [2.24, 2.45) is 22.2 Å². The van der Waals surface area contributed by atoms with Gasteiger partial charge >= 0.3 is 11.9 Å². The number of aliphatic carboxylic acids is 2. The van der Waals surface area contributed by atoms with Crippen LogP contribution in [0.15, 0.2) is 97.2 Å². The number of benzene rings is 2. The van der Waals surface area contributed by atoms with Gasteiger partial charge in [0, 0.05) is 80.9 Å². The van der Waals surface area contributed by atoms with Crippen LogP contribution in [0.4, 0.5) is 0 Å². The molecule has 1 saturated heterocycles. The van der Waals surface area contributed by atoms with Gasteiger partial charge in [0.25, 0.3) is 0 Å². The predicted octanol–water partition coefficient (Wildman–Crippen LogP) is -3.58. The number of phenolic OH excluding ortho intramolecular Hbond substituents is 1. The topological polar surface area (TPSA) is 495 Å². The molecule has 0 aliphatic carbocycles. The minimum Gasteiger partial charge on any atom is -0.508 e. The zero-order valence-corrected chi connectivity index (χ0v) is 46.2. The first kappa shape index (κ1) is 64.0. The number of carbonyl (C=O) groups excluding carboxylic acids is 8. The Hall–Kier alpha value is -10.2. The Kier molecular flexibility index (Phi) is 23.6. The van der Waals surface area contributed by atoms with Gasteiger partial charge in [0.2, 0.25) is 47.3 Å². The number of aromatic amines is 3. The van der Waals surface area contributed by atoms with E-state index >= 15 is 0 Å². The van der Waals surface area contributed by atoms with E-state index in [4.69, 9.17) is 17.2 Å². The van der Waals surface area contributed by atoms with Gasteiger partial charge in [-0.25, -0.2) is 19.7 Å². The summed E-state index contributed by atoms with van der Waals surface area (Å²) in [6, 6.07) is 1.71. The lowest BCUT2D eigenvalue weighted by atomic mass is 10.0. The average Bonchev–Trinajstić information content (AvgIpc) is 4.52. The van der Waals surface area contributed by atoms with Crippen molar-refractivity contribution in [1.29, 1.82) is 0 Å². The highest BCUT2D eigenvalue weighted by Gasteiger charge is 2.40. The molecule has 0 unspecified atom stereocenters. The number of nitrogens with two attached hydrogens (primary N) is 3. The molecule has 1 aliphatic heterocycles. The monoisotopic (exact) mass is 1180 g/mol. The number of carboxylic acids is 2. The van der Waals surface area contributed by atoms with Crippen LogP contribution in [0.2, 0.25) is 0 Å². The molecule has 1 aliphatic rings. The SMILES string of the molecule is C[C@H](NC(=O)[C@H](Cc1ccc(O)cc1)NC(=O)[C@H](Cc1cnc[nH]1)NC(=O)[C@H](CCCN=C(N)N)NC(=O)[C@@H](N)CC(=O)O)C(=O)N[C@@H](Cc1cnc[nH]1)C(=O)N[C@@H](Cc1cnc[nH]1)C(=O)N1CCC[C@H]1C(=O)N[C@@H](Cc1ccccc1)C(=O)O. The fraction of sp³-hybridized carbons (Fsp3) is 0.407. The molecule has 1 fully saturated rings. The van der Waals surface area contributed by atoms with Crippen LogP contribution in [0.25, 0.3) is 0 Å². The summed E-state index contributed by atoms with van der Waals surface area (Å²) in [6.45, 7) is 1.43. The number of nitrogens with one attached hydrogen (secondary N) is 10. The van der Waals surface area contributed by atoms with Crippen LogP contribution in [-0.4, -0.2) is 183 Å². The Balaban J connectivity index is 1.20. The third-order valence-electron chi connectivity index (χ3n) is 13.6. The molecule has 9 atom stereocenters. The largest absolute Gasteiger partial charge is 0.508 e. The number of likely N-dealkylation sites (tertiary alicyclic amines) is 1. The maximum atomic E-state index is 14.6. The third kappa shape index (κ3) is 20.0. The predicted molar refractivity (Wildman–Crippen MR) is 301 cm³/mol. The number of aliphatic imine (C=N–C) groups is 1. The summed E-state index contributed by atoms with van der Waals surface area (Å²) in [7, 11) is 0. The molecule has 0 spiro atoms. The molecule has 4 heterocycles. The summed E-state index contributed by atoms with van der Waals surface area (Å²) < 4.78 is 0. The Morgan fingerprint density at radius 2 is 1.09 bits per heavy atom. The molecule has 3 aromatic heterocycles. The summed E-state index contributed by atoms with van der Waals surface area (Å²) in [6.07, 6.45) is 7.20. The summed E-state index contributed by atoms with van der Waals surface area (Å²) in [5, 5.41) is 47.5. The lowest BCUT2D eigenvalue weighted by Crippen LogP contribution is -2.61. The number of hydrogen-bond donors (Lipinski definition) is 16. The van der Waals surface area contributed by atoms with Crippen LogP contribution in [0.5, 0.6) is 5.75 Å². The number of aromatic nitrogens is 6. The number of nitrogens with zero attached hydrogens (tertiary/aromatic N) is 5. The van der Waals surface area contributed by atoms with Crippen molar-refractivity contribution >= 4 is 65.2 Å². The standard InChI is InChI=1S/C54H70N18O13/c1-29(65-48(79)38(17-31-11-13-35(73)14-12-31)68-49(80)40(20-33-24-59-27-63-33)69-47(78)37(9-5-15-61-54(56)57)66-46(77)36(55)22-44(74)75)45(76)67-39(19-32-23-58-26-62-32)50(81)70-41(21-34-25-60-28-64-34)52(83)72-16-6-10-43(72)51(82)71-42(53(84)85)18-30-7-3-2-4-8-30/h2-4,7-8,11-14,23-29,36-43,73H,5-6,9-10,15-22,55H2,1H3,(H,58,62)(H,59,63)(H,60,64)(H,65,79)(H,66,77)(H,67,76)(H,68,80)(H,69,78)(H,70,81)(H,71,82)(H,74,75)(H,84,85)(H4,56,57,61)/t29-,36-,37-,38-,39-,40-,41-,42-,43-/m0/s1. The highest BCUT2D eigenvalue weighted by atomic mass is 16.4. The molecule has 0 bridgehead atoms. The summed E-state index contributed by atoms with van der Waals surface area (Å²) in [5.74, 6) is -9.90. The van der Waals surface area contributed by atoms with E-state index < -0.39 is 120 Å². The van der Waals surface area contributed by atoms with Crippen LogP contribution in [-0.2, 0) is 80.0 Å². The van der Waals surface area contributed by atoms with Crippen molar-refractivity contribution in [2.75, 3.05) is 13.1 Å². The number of hydrogen-bond acceptors (Lipinski definition) is 16. The molecular formula is C54H70N18O13. The number of aromatic hydroxyl groups is 1. The van der Waals surface area contributed by atoms with Gasteiger partial charge in [-0.05, 0) is 55.9 Å². The molecule has 85 heavy (non-hydrogen) atoms. The molecule has 2 aromatic carbocycles. The van der Waals surface area contributed by atoms with E-state index in [2.05, 4.69) is 72.1 Å². The molecule has 5 aromatic rings. The van der Waals surface area contributed by atoms with Crippen LogP contribution in [0.3, 0.4) is 0 Å². The molecule has 6 rings (SSSR count). The number of H-pyrrole nitrogens is 3. The molecule has 19 N–H and O–H groups in total. The number of rotatable bonds is 32. The minimum absolute atomic E-state index is 0.0210. The highest BCUT2D eigenvalue weighted by molar-refractivity contribution is 5.98.